The summed E-state index contributed by atoms with van der Waals surface area (Å²) in [4.78, 5) is 5.14. The van der Waals surface area contributed by atoms with Crippen LogP contribution in [-0.4, -0.2) is 71.5 Å². The predicted molar refractivity (Wildman–Crippen MR) is 91.1 cm³/mol. The minimum absolute atomic E-state index is 0.208. The molecular weight excluding hydrogens is 276 g/mol. The lowest BCUT2D eigenvalue weighted by molar-refractivity contribution is -0.131. The van der Waals surface area contributed by atoms with Gasteiger partial charge >= 0.3 is 0 Å². The van der Waals surface area contributed by atoms with Crippen LogP contribution in [0.25, 0.3) is 0 Å². The van der Waals surface area contributed by atoms with Crippen molar-refractivity contribution in [2.75, 3.05) is 32.8 Å². The van der Waals surface area contributed by atoms with Crippen LogP contribution in [0.4, 0.5) is 0 Å². The van der Waals surface area contributed by atoms with E-state index in [0.29, 0.717) is 24.6 Å². The molecule has 2 rings (SSSR count). The van der Waals surface area contributed by atoms with E-state index in [0.717, 1.165) is 32.4 Å². The van der Waals surface area contributed by atoms with Gasteiger partial charge in [0, 0.05) is 51.3 Å². The number of piperazine rings is 1. The molecule has 0 aromatic rings. The summed E-state index contributed by atoms with van der Waals surface area (Å²) in [5.74, 6) is 0.309. The van der Waals surface area contributed by atoms with Crippen LogP contribution in [0, 0.1) is 5.92 Å². The van der Waals surface area contributed by atoms with Crippen molar-refractivity contribution >= 4 is 0 Å². The van der Waals surface area contributed by atoms with Gasteiger partial charge in [0.15, 0.2) is 0 Å². The van der Waals surface area contributed by atoms with Crippen LogP contribution in [0.1, 0.15) is 53.9 Å². The molecule has 3 atom stereocenters. The summed E-state index contributed by atoms with van der Waals surface area (Å²) in [5.41, 5.74) is -0.529. The Morgan fingerprint density at radius 3 is 2.18 bits per heavy atom. The Labute approximate surface area is 136 Å². The quantitative estimate of drug-likeness (QED) is 0.845. The van der Waals surface area contributed by atoms with Gasteiger partial charge in [0.25, 0.3) is 0 Å². The first kappa shape index (κ1) is 18.2. The Morgan fingerprint density at radius 2 is 1.64 bits per heavy atom. The minimum Gasteiger partial charge on any atom is -0.389 e. The molecule has 130 valence electrons. The molecule has 0 saturated carbocycles. The van der Waals surface area contributed by atoms with Gasteiger partial charge in [-0.05, 0) is 39.5 Å². The first-order chi connectivity index (χ1) is 10.3. The Kier molecular flexibility index (Phi) is 6.29. The van der Waals surface area contributed by atoms with Crippen molar-refractivity contribution in [2.45, 2.75) is 77.7 Å². The summed E-state index contributed by atoms with van der Waals surface area (Å²) in [7, 11) is 0. The molecule has 0 amide bonds. The summed E-state index contributed by atoms with van der Waals surface area (Å²) in [6.07, 6.45) is 2.82. The van der Waals surface area contributed by atoms with Gasteiger partial charge < -0.3 is 9.84 Å². The van der Waals surface area contributed by atoms with E-state index in [-0.39, 0.29) is 6.10 Å². The maximum absolute atomic E-state index is 10.7. The van der Waals surface area contributed by atoms with Crippen LogP contribution >= 0.6 is 0 Å². The number of aliphatic hydroxyl groups is 1. The van der Waals surface area contributed by atoms with Crippen molar-refractivity contribution in [3.63, 3.8) is 0 Å². The largest absolute Gasteiger partial charge is 0.389 e. The third-order valence-corrected chi connectivity index (χ3v) is 5.85. The summed E-state index contributed by atoms with van der Waals surface area (Å²) in [6, 6.07) is 1.19. The van der Waals surface area contributed by atoms with E-state index in [9.17, 15) is 5.11 Å². The molecule has 1 N–H and O–H groups in total. The van der Waals surface area contributed by atoms with Gasteiger partial charge in [-0.25, -0.2) is 0 Å². The molecule has 0 spiro atoms. The highest BCUT2D eigenvalue weighted by Gasteiger charge is 2.38. The Morgan fingerprint density at radius 1 is 1.05 bits per heavy atom. The van der Waals surface area contributed by atoms with Gasteiger partial charge in [-0.15, -0.1) is 0 Å². The van der Waals surface area contributed by atoms with Gasteiger partial charge in [0.1, 0.15) is 0 Å². The fraction of sp³-hybridized carbons (Fsp3) is 1.00. The smallest absolute Gasteiger partial charge is 0.0717 e. The van der Waals surface area contributed by atoms with Crippen molar-refractivity contribution in [1.29, 1.82) is 0 Å². The highest BCUT2D eigenvalue weighted by Crippen LogP contribution is 2.33. The molecule has 0 aromatic heterocycles. The molecule has 2 saturated heterocycles. The molecule has 2 heterocycles. The van der Waals surface area contributed by atoms with E-state index in [1.807, 2.05) is 0 Å². The normalized spacial score (nSPS) is 33.5. The van der Waals surface area contributed by atoms with Crippen molar-refractivity contribution in [1.82, 2.24) is 9.80 Å². The molecule has 0 aliphatic carbocycles. The van der Waals surface area contributed by atoms with Gasteiger partial charge in [-0.1, -0.05) is 13.8 Å². The van der Waals surface area contributed by atoms with Crippen molar-refractivity contribution < 1.29 is 9.84 Å². The number of hydrogen-bond acceptors (Lipinski definition) is 4. The predicted octanol–water partition coefficient (Wildman–Crippen LogP) is 2.36. The Bertz CT molecular complexity index is 340. The zero-order valence-corrected chi connectivity index (χ0v) is 15.2. The second-order valence-electron chi connectivity index (χ2n) is 7.96. The summed E-state index contributed by atoms with van der Waals surface area (Å²) < 4.78 is 5.95. The second-order valence-corrected chi connectivity index (χ2v) is 7.96. The molecule has 2 aliphatic heterocycles. The van der Waals surface area contributed by atoms with Crippen LogP contribution in [0.3, 0.4) is 0 Å². The lowest BCUT2D eigenvalue weighted by Gasteiger charge is -2.43. The minimum atomic E-state index is -0.529. The van der Waals surface area contributed by atoms with Crippen molar-refractivity contribution in [2.24, 2.45) is 5.92 Å². The van der Waals surface area contributed by atoms with Crippen LogP contribution in [0.2, 0.25) is 0 Å². The fourth-order valence-electron chi connectivity index (χ4n) is 3.86. The molecule has 4 nitrogen and oxygen atoms in total. The number of nitrogens with zero attached hydrogens (tertiary/aromatic N) is 2. The zero-order chi connectivity index (χ0) is 16.3. The van der Waals surface area contributed by atoms with Gasteiger partial charge in [-0.3, -0.25) is 9.80 Å². The summed E-state index contributed by atoms with van der Waals surface area (Å²) >= 11 is 0. The summed E-state index contributed by atoms with van der Waals surface area (Å²) in [6.45, 7) is 16.5. The van der Waals surface area contributed by atoms with Crippen molar-refractivity contribution in [3.8, 4) is 0 Å². The average Bonchev–Trinajstić information content (AvgIpc) is 2.47. The molecular formula is C18H36N2O2. The highest BCUT2D eigenvalue weighted by molar-refractivity contribution is 4.90. The third kappa shape index (κ3) is 4.44. The lowest BCUT2D eigenvalue weighted by atomic mass is 9.80. The number of ether oxygens (including phenoxy) is 1. The van der Waals surface area contributed by atoms with Crippen LogP contribution in [-0.2, 0) is 4.74 Å². The molecule has 0 radical (unpaired) electrons. The van der Waals surface area contributed by atoms with E-state index in [2.05, 4.69) is 44.4 Å². The van der Waals surface area contributed by atoms with Crippen LogP contribution in [0.5, 0.6) is 0 Å². The Hall–Kier alpha value is -0.160. The molecule has 0 aromatic carbocycles. The first-order valence-corrected chi connectivity index (χ1v) is 9.14. The third-order valence-electron chi connectivity index (χ3n) is 5.85. The first-order valence-electron chi connectivity index (χ1n) is 9.14. The van der Waals surface area contributed by atoms with E-state index in [1.54, 1.807) is 0 Å². The SMILES string of the molecule is CC(C)N1CCN(C(C)CC2CC(O)(C(C)C)CCO2)CC1. The van der Waals surface area contributed by atoms with E-state index in [4.69, 9.17) is 4.74 Å². The lowest BCUT2D eigenvalue weighted by Crippen LogP contribution is -2.53. The average molecular weight is 312 g/mol. The van der Waals surface area contributed by atoms with E-state index >= 15 is 0 Å². The highest BCUT2D eigenvalue weighted by atomic mass is 16.5. The maximum Gasteiger partial charge on any atom is 0.0717 e. The standard InChI is InChI=1S/C18H36N2O2/c1-14(2)18(21)6-11-22-17(13-18)12-16(5)20-9-7-19(8-10-20)15(3)4/h14-17,21H,6-13H2,1-5H3. The van der Waals surface area contributed by atoms with E-state index in [1.165, 1.54) is 13.1 Å². The molecule has 0 bridgehead atoms. The van der Waals surface area contributed by atoms with Crippen LogP contribution in [0.15, 0.2) is 0 Å². The Balaban J connectivity index is 1.81. The molecule has 2 fully saturated rings. The topological polar surface area (TPSA) is 35.9 Å². The van der Waals surface area contributed by atoms with E-state index < -0.39 is 5.60 Å². The molecule has 4 heteroatoms. The zero-order valence-electron chi connectivity index (χ0n) is 15.2. The van der Waals surface area contributed by atoms with Gasteiger partial charge in [0.2, 0.25) is 0 Å². The fourth-order valence-corrected chi connectivity index (χ4v) is 3.86. The van der Waals surface area contributed by atoms with Gasteiger partial charge in [-0.2, -0.15) is 0 Å². The van der Waals surface area contributed by atoms with Crippen LogP contribution < -0.4 is 0 Å². The molecule has 3 unspecified atom stereocenters. The maximum atomic E-state index is 10.7. The molecule has 22 heavy (non-hydrogen) atoms. The molecule has 2 aliphatic rings. The number of hydrogen-bond donors (Lipinski definition) is 1. The second kappa shape index (κ2) is 7.61. The summed E-state index contributed by atoms with van der Waals surface area (Å²) in [5, 5.41) is 10.7. The van der Waals surface area contributed by atoms with Gasteiger partial charge in [0.05, 0.1) is 11.7 Å². The monoisotopic (exact) mass is 312 g/mol. The number of rotatable bonds is 5. The van der Waals surface area contributed by atoms with Crippen molar-refractivity contribution in [3.05, 3.63) is 0 Å².